The number of rotatable bonds is 12. The highest BCUT2D eigenvalue weighted by atomic mass is 28.4. The SMILES string of the molecule is CO[Si](OC)(OC)C(=O)C(F)(F)C(F)(F)C(F)(F)C(F)(F)C(F)(F)C(F)(F)C(F)(F)C(F)(F)C(F)(F)F. The van der Waals surface area contributed by atoms with Gasteiger partial charge in [-0.05, 0) is 0 Å². The zero-order chi connectivity index (χ0) is 30.7. The van der Waals surface area contributed by atoms with Gasteiger partial charge >= 0.3 is 62.4 Å². The third-order valence-electron chi connectivity index (χ3n) is 4.49. The first kappa shape index (κ1) is 35.4. The van der Waals surface area contributed by atoms with E-state index in [0.29, 0.717) is 0 Å². The molecule has 0 aliphatic carbocycles. The highest BCUT2D eigenvalue weighted by molar-refractivity contribution is 6.93. The minimum Gasteiger partial charge on any atom is -0.372 e. The smallest absolute Gasteiger partial charge is 0.372 e. The van der Waals surface area contributed by atoms with Gasteiger partial charge in [-0.1, -0.05) is 0 Å². The van der Waals surface area contributed by atoms with Crippen LogP contribution in [0, 0.1) is 0 Å². The first-order chi connectivity index (χ1) is 15.8. The van der Waals surface area contributed by atoms with Crippen molar-refractivity contribution in [2.45, 2.75) is 53.6 Å². The molecule has 0 spiro atoms. The molecule has 0 bridgehead atoms. The van der Waals surface area contributed by atoms with E-state index >= 15 is 0 Å². The maximum Gasteiger partial charge on any atom is 0.580 e. The zero-order valence-corrected chi connectivity index (χ0v) is 18.3. The van der Waals surface area contributed by atoms with Gasteiger partial charge in [0.2, 0.25) is 0 Å². The summed E-state index contributed by atoms with van der Waals surface area (Å²) in [5.74, 6) is -68.9. The van der Waals surface area contributed by atoms with E-state index in [2.05, 4.69) is 13.3 Å². The monoisotopic (exact) mass is 618 g/mol. The topological polar surface area (TPSA) is 44.8 Å². The molecule has 37 heavy (non-hydrogen) atoms. The fourth-order valence-corrected chi connectivity index (χ4v) is 3.82. The Balaban J connectivity index is 7.14. The molecule has 24 heteroatoms. The molecule has 0 radical (unpaired) electrons. The van der Waals surface area contributed by atoms with Gasteiger partial charge in [-0.15, -0.1) is 0 Å². The average Bonchev–Trinajstić information content (AvgIpc) is 2.73. The van der Waals surface area contributed by atoms with Gasteiger partial charge in [0.05, 0.1) is 0 Å². The van der Waals surface area contributed by atoms with Gasteiger partial charge in [0.25, 0.3) is 5.41 Å². The van der Waals surface area contributed by atoms with E-state index in [-0.39, 0.29) is 21.3 Å². The molecular weight excluding hydrogens is 609 g/mol. The van der Waals surface area contributed by atoms with Crippen LogP contribution in [0.15, 0.2) is 0 Å². The van der Waals surface area contributed by atoms with Gasteiger partial charge in [0.1, 0.15) is 0 Å². The van der Waals surface area contributed by atoms with Gasteiger partial charge < -0.3 is 13.3 Å². The van der Waals surface area contributed by atoms with E-state index in [4.69, 9.17) is 0 Å². The first-order valence-corrected chi connectivity index (χ1v) is 9.86. The second-order valence-corrected chi connectivity index (χ2v) is 9.38. The molecule has 0 aromatic rings. The maximum atomic E-state index is 14.0. The van der Waals surface area contributed by atoms with Crippen LogP contribution >= 0.6 is 0 Å². The molecule has 0 saturated heterocycles. The number of alkyl halides is 19. The molecule has 0 unspecified atom stereocenters. The van der Waals surface area contributed by atoms with Crippen LogP contribution in [0.5, 0.6) is 0 Å². The van der Waals surface area contributed by atoms with Gasteiger partial charge in [0.15, 0.2) is 0 Å². The fourth-order valence-electron chi connectivity index (χ4n) is 2.22. The quantitative estimate of drug-likeness (QED) is 0.211. The molecular formula is C13H9F19O4Si. The summed E-state index contributed by atoms with van der Waals surface area (Å²) >= 11 is 0. The number of hydrogen-bond donors (Lipinski definition) is 0. The van der Waals surface area contributed by atoms with Crippen LogP contribution in [-0.4, -0.2) is 89.1 Å². The summed E-state index contributed by atoms with van der Waals surface area (Å²) in [5.41, 5.74) is 0. The summed E-state index contributed by atoms with van der Waals surface area (Å²) < 4.78 is 264. The van der Waals surface area contributed by atoms with Gasteiger partial charge in [-0.3, -0.25) is 4.79 Å². The van der Waals surface area contributed by atoms with Gasteiger partial charge in [-0.25, -0.2) is 0 Å². The third kappa shape index (κ3) is 4.33. The predicted molar refractivity (Wildman–Crippen MR) is 77.4 cm³/mol. The minimum absolute atomic E-state index is 0.135. The van der Waals surface area contributed by atoms with Crippen LogP contribution in [0.25, 0.3) is 0 Å². The molecule has 0 atom stereocenters. The standard InChI is InChI=1S/C13H9F19O4Si/c1-34-37(35-2,36-3)4(33)5(14,15)6(16,17)7(18,19)8(20,21)9(22,23)10(24,25)11(26,27)12(28,29)13(30,31)32/h1-3H3. The van der Waals surface area contributed by atoms with E-state index in [1.807, 2.05) is 0 Å². The Kier molecular flexibility index (Phi) is 8.88. The molecule has 0 aromatic heterocycles. The number of halogens is 19. The zero-order valence-electron chi connectivity index (χ0n) is 17.3. The molecule has 0 N–H and O–H groups in total. The summed E-state index contributed by atoms with van der Waals surface area (Å²) in [6.07, 6.45) is -7.97. The minimum atomic E-state index is -9.08. The number of hydrogen-bond acceptors (Lipinski definition) is 4. The second-order valence-electron chi connectivity index (χ2n) is 6.59. The van der Waals surface area contributed by atoms with Crippen molar-refractivity contribution in [3.8, 4) is 0 Å². The highest BCUT2D eigenvalue weighted by Crippen LogP contribution is 2.65. The van der Waals surface area contributed by atoms with Crippen molar-refractivity contribution in [3.05, 3.63) is 0 Å². The molecule has 0 amide bonds. The second kappa shape index (κ2) is 9.27. The Morgan fingerprint density at radius 3 is 0.865 bits per heavy atom. The third-order valence-corrected chi connectivity index (χ3v) is 6.97. The lowest BCUT2D eigenvalue weighted by Gasteiger charge is -2.43. The summed E-state index contributed by atoms with van der Waals surface area (Å²) in [6.45, 7) is 0. The molecule has 0 rings (SSSR count). The summed E-state index contributed by atoms with van der Waals surface area (Å²) in [5, 5.41) is -3.82. The Hall–Kier alpha value is -1.56. The van der Waals surface area contributed by atoms with Crippen molar-refractivity contribution in [2.24, 2.45) is 0 Å². The number of carbonyl (C=O) groups is 1. The predicted octanol–water partition coefficient (Wildman–Crippen LogP) is 5.62. The van der Waals surface area contributed by atoms with Crippen molar-refractivity contribution in [1.29, 1.82) is 0 Å². The Bertz CT molecular complexity index is 839. The molecule has 0 fully saturated rings. The number of carbonyl (C=O) groups excluding carboxylic acids is 1. The lowest BCUT2D eigenvalue weighted by molar-refractivity contribution is -0.467. The lowest BCUT2D eigenvalue weighted by atomic mass is 9.87. The van der Waals surface area contributed by atoms with Crippen molar-refractivity contribution < 1.29 is 101 Å². The van der Waals surface area contributed by atoms with E-state index in [1.54, 1.807) is 0 Å². The van der Waals surface area contributed by atoms with Gasteiger partial charge in [0, 0.05) is 21.3 Å². The Morgan fingerprint density at radius 1 is 0.432 bits per heavy atom. The first-order valence-electron chi connectivity index (χ1n) is 8.13. The fraction of sp³-hybridized carbons (Fsp3) is 0.923. The van der Waals surface area contributed by atoms with Crippen LogP contribution in [0.4, 0.5) is 83.4 Å². The molecule has 0 aromatic carbocycles. The van der Waals surface area contributed by atoms with Crippen LogP contribution < -0.4 is 0 Å². The van der Waals surface area contributed by atoms with Crippen molar-refractivity contribution in [3.63, 3.8) is 0 Å². The van der Waals surface area contributed by atoms with Crippen LogP contribution in [0.1, 0.15) is 0 Å². The normalized spacial score (nSPS) is 16.3. The summed E-state index contributed by atoms with van der Waals surface area (Å²) in [6, 6.07) is 0. The van der Waals surface area contributed by atoms with Crippen LogP contribution in [-0.2, 0) is 18.1 Å². The Labute approximate surface area is 192 Å². The molecule has 0 heterocycles. The van der Waals surface area contributed by atoms with E-state index in [9.17, 15) is 88.2 Å². The summed E-state index contributed by atoms with van der Waals surface area (Å²) in [7, 11) is -5.59. The van der Waals surface area contributed by atoms with Crippen LogP contribution in [0.3, 0.4) is 0 Å². The average molecular weight is 618 g/mol. The summed E-state index contributed by atoms with van der Waals surface area (Å²) in [4.78, 5) is 11.6. The molecule has 0 aliphatic rings. The van der Waals surface area contributed by atoms with E-state index < -0.39 is 67.8 Å². The Morgan fingerprint density at radius 2 is 0.649 bits per heavy atom. The van der Waals surface area contributed by atoms with Crippen molar-refractivity contribution >= 4 is 14.2 Å². The van der Waals surface area contributed by atoms with Crippen molar-refractivity contribution in [2.75, 3.05) is 21.3 Å². The largest absolute Gasteiger partial charge is 0.580 e. The highest BCUT2D eigenvalue weighted by Gasteiger charge is 2.97. The van der Waals surface area contributed by atoms with Crippen LogP contribution in [0.2, 0.25) is 0 Å². The molecule has 4 nitrogen and oxygen atoms in total. The lowest BCUT2D eigenvalue weighted by Crippen LogP contribution is -2.77. The van der Waals surface area contributed by atoms with E-state index in [0.717, 1.165) is 0 Å². The maximum absolute atomic E-state index is 14.0. The molecule has 0 saturated carbocycles. The van der Waals surface area contributed by atoms with E-state index in [1.165, 1.54) is 0 Å². The molecule has 222 valence electrons. The van der Waals surface area contributed by atoms with Crippen molar-refractivity contribution in [1.82, 2.24) is 0 Å². The van der Waals surface area contributed by atoms with Gasteiger partial charge in [-0.2, -0.15) is 83.4 Å². The molecule has 0 aliphatic heterocycles.